The fourth-order valence-corrected chi connectivity index (χ4v) is 9.25. The monoisotopic (exact) mass is 740 g/mol. The Balaban J connectivity index is 1.12. The van der Waals surface area contributed by atoms with E-state index in [0.29, 0.717) is 0 Å². The van der Waals surface area contributed by atoms with Gasteiger partial charge in [0.25, 0.3) is 0 Å². The van der Waals surface area contributed by atoms with E-state index < -0.39 is 0 Å². The highest BCUT2D eigenvalue weighted by molar-refractivity contribution is 6.25. The first kappa shape index (κ1) is 32.5. The highest BCUT2D eigenvalue weighted by atomic mass is 15.0. The van der Waals surface area contributed by atoms with Crippen molar-refractivity contribution >= 4 is 71.5 Å². The fourth-order valence-electron chi connectivity index (χ4n) is 9.25. The van der Waals surface area contributed by atoms with Crippen molar-refractivity contribution in [1.29, 1.82) is 0 Å². The Hall–Kier alpha value is -7.69. The molecule has 0 saturated carbocycles. The first-order valence-electron chi connectivity index (χ1n) is 19.9. The van der Waals surface area contributed by atoms with Crippen LogP contribution < -0.4 is 5.32 Å². The summed E-state index contributed by atoms with van der Waals surface area (Å²) in [6.45, 7) is 0. The van der Waals surface area contributed by atoms with E-state index in [0.717, 1.165) is 39.5 Å². The second-order valence-corrected chi connectivity index (χ2v) is 15.2. The minimum absolute atomic E-state index is 0.0760. The lowest BCUT2D eigenvalue weighted by molar-refractivity contribution is 1.01. The van der Waals surface area contributed by atoms with Crippen LogP contribution in [-0.4, -0.2) is 14.8 Å². The molecule has 272 valence electrons. The van der Waals surface area contributed by atoms with E-state index in [2.05, 4.69) is 221 Å². The Kier molecular flexibility index (Phi) is 7.26. The molecule has 1 N–H and O–H groups in total. The molecule has 0 saturated heterocycles. The summed E-state index contributed by atoms with van der Waals surface area (Å²) in [6.07, 6.45) is 0. The van der Waals surface area contributed by atoms with Crippen molar-refractivity contribution in [3.05, 3.63) is 217 Å². The Labute approximate surface area is 335 Å². The topological polar surface area (TPSA) is 34.2 Å². The van der Waals surface area contributed by atoms with Gasteiger partial charge in [-0.1, -0.05) is 146 Å². The summed E-state index contributed by atoms with van der Waals surface area (Å²) >= 11 is 0. The van der Waals surface area contributed by atoms with Gasteiger partial charge >= 0.3 is 0 Å². The van der Waals surface area contributed by atoms with Crippen LogP contribution in [-0.2, 0) is 0 Å². The molecule has 1 aliphatic rings. The number of benzene rings is 9. The van der Waals surface area contributed by atoms with Crippen molar-refractivity contribution in [3.63, 3.8) is 0 Å². The molecule has 0 fully saturated rings. The number of aliphatic imine (C=N–C) groups is 1. The minimum Gasteiger partial charge on any atom is -0.371 e. The van der Waals surface area contributed by atoms with Crippen molar-refractivity contribution in [2.75, 3.05) is 5.32 Å². The van der Waals surface area contributed by atoms with Crippen LogP contribution in [0.4, 0.5) is 11.4 Å². The molecule has 12 rings (SSSR count). The maximum Gasteiger partial charge on any atom is 0.0947 e. The number of rotatable bonds is 5. The fraction of sp³-hybridized carbons (Fsp3) is 0.0185. The first-order chi connectivity index (χ1) is 28.8. The van der Waals surface area contributed by atoms with Gasteiger partial charge < -0.3 is 14.5 Å². The average Bonchev–Trinajstić information content (AvgIpc) is 3.80. The normalized spacial score (nSPS) is 13.9. The molecule has 9 aromatic carbocycles. The van der Waals surface area contributed by atoms with Gasteiger partial charge in [-0.2, -0.15) is 0 Å². The van der Waals surface area contributed by atoms with Crippen LogP contribution in [0.1, 0.15) is 17.2 Å². The van der Waals surface area contributed by atoms with Gasteiger partial charge in [-0.25, -0.2) is 4.99 Å². The maximum absolute atomic E-state index is 5.27. The molecule has 4 heteroatoms. The number of nitrogens with one attached hydrogen (secondary N) is 1. The Morgan fingerprint density at radius 2 is 1.03 bits per heavy atom. The third-order valence-electron chi connectivity index (χ3n) is 11.9. The second-order valence-electron chi connectivity index (χ2n) is 15.2. The van der Waals surface area contributed by atoms with E-state index in [9.17, 15) is 0 Å². The highest BCUT2D eigenvalue weighted by Crippen LogP contribution is 2.43. The van der Waals surface area contributed by atoms with Crippen LogP contribution in [0, 0.1) is 0 Å². The molecule has 1 aliphatic heterocycles. The number of fused-ring (bicyclic) bond motifs is 9. The summed E-state index contributed by atoms with van der Waals surface area (Å²) < 4.78 is 4.89. The smallest absolute Gasteiger partial charge is 0.0947 e. The lowest BCUT2D eigenvalue weighted by atomic mass is 9.94. The van der Waals surface area contributed by atoms with Gasteiger partial charge in [0.05, 0.1) is 45.2 Å². The average molecular weight is 741 g/mol. The zero-order valence-electron chi connectivity index (χ0n) is 31.5. The van der Waals surface area contributed by atoms with Crippen molar-refractivity contribution in [2.24, 2.45) is 4.99 Å². The summed E-state index contributed by atoms with van der Waals surface area (Å²) in [5.74, 6) is 0. The molecule has 2 aromatic heterocycles. The maximum atomic E-state index is 5.27. The molecule has 1 atom stereocenters. The molecule has 58 heavy (non-hydrogen) atoms. The van der Waals surface area contributed by atoms with Crippen LogP contribution in [0.3, 0.4) is 0 Å². The molecule has 0 radical (unpaired) electrons. The number of aromatic nitrogens is 2. The van der Waals surface area contributed by atoms with Crippen molar-refractivity contribution < 1.29 is 0 Å². The van der Waals surface area contributed by atoms with Crippen LogP contribution in [0.25, 0.3) is 76.9 Å². The van der Waals surface area contributed by atoms with Crippen molar-refractivity contribution in [1.82, 2.24) is 9.13 Å². The lowest BCUT2D eigenvalue weighted by Gasteiger charge is -2.28. The van der Waals surface area contributed by atoms with Gasteiger partial charge in [0.2, 0.25) is 0 Å². The van der Waals surface area contributed by atoms with Gasteiger partial charge in [-0.3, -0.25) is 0 Å². The summed E-state index contributed by atoms with van der Waals surface area (Å²) in [6, 6.07) is 74.4. The van der Waals surface area contributed by atoms with E-state index in [4.69, 9.17) is 4.99 Å². The number of nitrogens with zero attached hydrogens (tertiary/aromatic N) is 3. The number of anilines is 1. The van der Waals surface area contributed by atoms with E-state index in [1.54, 1.807) is 0 Å². The van der Waals surface area contributed by atoms with E-state index in [1.807, 2.05) is 0 Å². The quantitative estimate of drug-likeness (QED) is 0.187. The van der Waals surface area contributed by atoms with Crippen LogP contribution >= 0.6 is 0 Å². The molecule has 3 heterocycles. The standard InChI is InChI=1S/C54H36N4/c1-4-14-35(15-5-1)39-26-30-43-44-33-45-51(57(40-19-8-3-9-20-40)48-31-27-36-16-10-11-21-42(36)52(45)48)34-50(44)58(49(43)32-39)41-28-24-38(25-29-41)54-53(37-17-6-2-7-18-37)55-46-22-12-13-23-47(46)56-54/h1-34,53,55H. The van der Waals surface area contributed by atoms with Gasteiger partial charge in [-0.15, -0.1) is 0 Å². The highest BCUT2D eigenvalue weighted by Gasteiger charge is 2.26. The molecule has 0 spiro atoms. The zero-order valence-corrected chi connectivity index (χ0v) is 31.5. The van der Waals surface area contributed by atoms with E-state index in [1.165, 1.54) is 65.6 Å². The van der Waals surface area contributed by atoms with Gasteiger partial charge in [0.15, 0.2) is 0 Å². The first-order valence-corrected chi connectivity index (χ1v) is 19.9. The molecular weight excluding hydrogens is 705 g/mol. The predicted octanol–water partition coefficient (Wildman–Crippen LogP) is 14.0. The number of hydrogen-bond acceptors (Lipinski definition) is 2. The zero-order chi connectivity index (χ0) is 38.2. The van der Waals surface area contributed by atoms with Gasteiger partial charge in [0.1, 0.15) is 0 Å². The molecule has 0 amide bonds. The molecule has 11 aromatic rings. The Morgan fingerprint density at radius 3 is 1.86 bits per heavy atom. The number of hydrogen-bond donors (Lipinski definition) is 1. The van der Waals surface area contributed by atoms with Crippen LogP contribution in [0.2, 0.25) is 0 Å². The molecule has 4 nitrogen and oxygen atoms in total. The van der Waals surface area contributed by atoms with E-state index in [-0.39, 0.29) is 6.04 Å². The second kappa shape index (κ2) is 12.9. The third kappa shape index (κ3) is 5.05. The molecule has 0 aliphatic carbocycles. The lowest BCUT2D eigenvalue weighted by Crippen LogP contribution is -2.24. The predicted molar refractivity (Wildman–Crippen MR) is 244 cm³/mol. The van der Waals surface area contributed by atoms with E-state index >= 15 is 0 Å². The van der Waals surface area contributed by atoms with Gasteiger partial charge in [0, 0.05) is 32.9 Å². The third-order valence-corrected chi connectivity index (χ3v) is 11.9. The SMILES string of the molecule is c1ccc(-c2ccc3c4cc5c6c7ccccc7ccc6n(-c6ccccc6)c5cc4n(-c4ccc(C5=Nc6ccccc6NC5c5ccccc5)cc4)c3c2)cc1. The summed E-state index contributed by atoms with van der Waals surface area (Å²) in [7, 11) is 0. The number of para-hydroxylation sites is 3. The Bertz CT molecular complexity index is 3390. The molecular formula is C54H36N4. The van der Waals surface area contributed by atoms with Crippen molar-refractivity contribution in [2.45, 2.75) is 6.04 Å². The summed E-state index contributed by atoms with van der Waals surface area (Å²) in [5.41, 5.74) is 14.6. The van der Waals surface area contributed by atoms with Crippen molar-refractivity contribution in [3.8, 4) is 22.5 Å². The largest absolute Gasteiger partial charge is 0.371 e. The minimum atomic E-state index is -0.0760. The van der Waals surface area contributed by atoms with Crippen LogP contribution in [0.15, 0.2) is 211 Å². The molecule has 0 bridgehead atoms. The summed E-state index contributed by atoms with van der Waals surface area (Å²) in [4.78, 5) is 5.27. The summed E-state index contributed by atoms with van der Waals surface area (Å²) in [5, 5.41) is 11.3. The molecule has 1 unspecified atom stereocenters. The Morgan fingerprint density at radius 1 is 0.397 bits per heavy atom. The van der Waals surface area contributed by atoms with Gasteiger partial charge in [-0.05, 0) is 93.7 Å². The van der Waals surface area contributed by atoms with Crippen LogP contribution in [0.5, 0.6) is 0 Å².